The third-order valence-corrected chi connectivity index (χ3v) is 6.97. The highest BCUT2D eigenvalue weighted by Crippen LogP contribution is 2.27. The summed E-state index contributed by atoms with van der Waals surface area (Å²) in [4.78, 5) is 13.8. The van der Waals surface area contributed by atoms with Crippen LogP contribution in [0.1, 0.15) is 18.4 Å². The quantitative estimate of drug-likeness (QED) is 0.450. The minimum Gasteiger partial charge on any atom is -0.374 e. The number of aromatic nitrogens is 2. The molecule has 0 saturated carbocycles. The van der Waals surface area contributed by atoms with Crippen LogP contribution in [0.3, 0.4) is 0 Å². The van der Waals surface area contributed by atoms with E-state index in [1.807, 2.05) is 30.6 Å². The molecule has 1 unspecified atom stereocenters. The van der Waals surface area contributed by atoms with Gasteiger partial charge in [-0.25, -0.2) is 9.97 Å². The highest BCUT2D eigenvalue weighted by Gasteiger charge is 2.35. The van der Waals surface area contributed by atoms with E-state index in [0.29, 0.717) is 18.2 Å². The molecule has 3 heterocycles. The maximum absolute atomic E-state index is 6.14. The van der Waals surface area contributed by atoms with Crippen molar-refractivity contribution in [2.45, 2.75) is 37.5 Å². The van der Waals surface area contributed by atoms with Gasteiger partial charge in [0.25, 0.3) is 0 Å². The second kappa shape index (κ2) is 9.69. The van der Waals surface area contributed by atoms with Gasteiger partial charge in [0.2, 0.25) is 5.95 Å². The third kappa shape index (κ3) is 4.96. The first-order valence-corrected chi connectivity index (χ1v) is 11.8. The molecular weight excluding hydrogens is 487 g/mol. The molecule has 2 fully saturated rings. The molecule has 0 N–H and O–H groups in total. The van der Waals surface area contributed by atoms with Crippen molar-refractivity contribution in [1.82, 2.24) is 14.9 Å². The summed E-state index contributed by atoms with van der Waals surface area (Å²) in [6.45, 7) is 3.84. The fraction of sp³-hybridized carbons (Fsp3) is 0.524. The predicted octanol–water partition coefficient (Wildman–Crippen LogP) is 3.85. The molecule has 150 valence electrons. The Morgan fingerprint density at radius 3 is 2.50 bits per heavy atom. The molecule has 0 spiro atoms. The summed E-state index contributed by atoms with van der Waals surface area (Å²) in [7, 11) is 0. The van der Waals surface area contributed by atoms with Crippen LogP contribution in [0.15, 0.2) is 42.7 Å². The van der Waals surface area contributed by atoms with Gasteiger partial charge in [0.15, 0.2) is 0 Å². The van der Waals surface area contributed by atoms with Crippen LogP contribution in [-0.4, -0.2) is 63.7 Å². The van der Waals surface area contributed by atoms with Crippen molar-refractivity contribution in [2.24, 2.45) is 0 Å². The van der Waals surface area contributed by atoms with Gasteiger partial charge in [0.05, 0.1) is 12.7 Å². The van der Waals surface area contributed by atoms with Crippen LogP contribution < -0.4 is 4.90 Å². The van der Waals surface area contributed by atoms with E-state index < -0.39 is 0 Å². The van der Waals surface area contributed by atoms with Gasteiger partial charge in [0, 0.05) is 53.6 Å². The largest absolute Gasteiger partial charge is 0.374 e. The minimum atomic E-state index is 0.331. The smallest absolute Gasteiger partial charge is 0.225 e. The van der Waals surface area contributed by atoms with Crippen LogP contribution in [-0.2, 0) is 11.2 Å². The Labute approximate surface area is 185 Å². The third-order valence-electron chi connectivity index (χ3n) is 5.73. The lowest BCUT2D eigenvalue weighted by Crippen LogP contribution is -2.57. The molecule has 28 heavy (non-hydrogen) atoms. The first kappa shape index (κ1) is 20.3. The molecule has 2 atom stereocenters. The Morgan fingerprint density at radius 2 is 1.82 bits per heavy atom. The molecule has 2 aromatic rings. The number of hydrogen-bond donors (Lipinski definition) is 0. The zero-order chi connectivity index (χ0) is 19.3. The van der Waals surface area contributed by atoms with Gasteiger partial charge in [-0.15, -0.1) is 0 Å². The van der Waals surface area contributed by atoms with Crippen molar-refractivity contribution >= 4 is 40.1 Å². The highest BCUT2D eigenvalue weighted by atomic mass is 127. The number of morpholine rings is 1. The maximum atomic E-state index is 6.14. The number of piperidine rings is 1. The van der Waals surface area contributed by atoms with Crippen LogP contribution in [0.2, 0.25) is 5.02 Å². The number of nitrogens with zero attached hydrogens (tertiary/aromatic N) is 4. The molecule has 7 heteroatoms. The van der Waals surface area contributed by atoms with Gasteiger partial charge in [0.1, 0.15) is 0 Å². The molecular formula is C21H26ClIN4O. The van der Waals surface area contributed by atoms with Crippen molar-refractivity contribution in [3.8, 4) is 0 Å². The average Bonchev–Trinajstić information content (AvgIpc) is 2.76. The SMILES string of the molecule is Clc1ccc(C[C@H]2COC(CI)CN2C2CCN(c3ncccn3)CC2)cc1. The number of ether oxygens (including phenoxy) is 1. The van der Waals surface area contributed by atoms with Crippen LogP contribution >= 0.6 is 34.2 Å². The van der Waals surface area contributed by atoms with Gasteiger partial charge in [-0.2, -0.15) is 0 Å². The molecule has 0 aliphatic carbocycles. The lowest BCUT2D eigenvalue weighted by molar-refractivity contribution is -0.0715. The van der Waals surface area contributed by atoms with Gasteiger partial charge < -0.3 is 9.64 Å². The molecule has 0 bridgehead atoms. The van der Waals surface area contributed by atoms with Crippen LogP contribution in [0.4, 0.5) is 5.95 Å². The Kier molecular flexibility index (Phi) is 7.03. The van der Waals surface area contributed by atoms with E-state index in [0.717, 1.165) is 60.9 Å². The number of halogens is 2. The summed E-state index contributed by atoms with van der Waals surface area (Å²) in [5.41, 5.74) is 1.33. The van der Waals surface area contributed by atoms with E-state index in [-0.39, 0.29) is 0 Å². The Bertz CT molecular complexity index is 740. The molecule has 1 aromatic heterocycles. The number of rotatable bonds is 5. The fourth-order valence-electron chi connectivity index (χ4n) is 4.24. The van der Waals surface area contributed by atoms with E-state index in [9.17, 15) is 0 Å². The molecule has 0 radical (unpaired) electrons. The lowest BCUT2D eigenvalue weighted by atomic mass is 9.96. The summed E-state index contributed by atoms with van der Waals surface area (Å²) in [6.07, 6.45) is 7.27. The van der Waals surface area contributed by atoms with E-state index >= 15 is 0 Å². The maximum Gasteiger partial charge on any atom is 0.225 e. The number of benzene rings is 1. The average molecular weight is 513 g/mol. The zero-order valence-electron chi connectivity index (χ0n) is 15.9. The predicted molar refractivity (Wildman–Crippen MR) is 122 cm³/mol. The van der Waals surface area contributed by atoms with Crippen molar-refractivity contribution in [3.05, 3.63) is 53.3 Å². The molecule has 5 nitrogen and oxygen atoms in total. The van der Waals surface area contributed by atoms with Gasteiger partial charge in [-0.05, 0) is 43.0 Å². The summed E-state index contributed by atoms with van der Waals surface area (Å²) >= 11 is 8.50. The standard InChI is InChI=1S/C21H26ClIN4O/c22-17-4-2-16(3-5-17)12-19-15-28-20(13-23)14-27(19)18-6-10-26(11-7-18)21-24-8-1-9-25-21/h1-5,8-9,18-20H,6-7,10-15H2/t19-,20?/m0/s1. The minimum absolute atomic E-state index is 0.331. The normalized spacial score (nSPS) is 24.4. The Balaban J connectivity index is 1.42. The Morgan fingerprint density at radius 1 is 1.11 bits per heavy atom. The summed E-state index contributed by atoms with van der Waals surface area (Å²) in [5, 5.41) is 0.793. The summed E-state index contributed by atoms with van der Waals surface area (Å²) < 4.78 is 7.18. The molecule has 4 rings (SSSR count). The number of hydrogen-bond acceptors (Lipinski definition) is 5. The van der Waals surface area contributed by atoms with Crippen molar-refractivity contribution in [2.75, 3.05) is 35.6 Å². The van der Waals surface area contributed by atoms with Crippen LogP contribution in [0.25, 0.3) is 0 Å². The van der Waals surface area contributed by atoms with Crippen molar-refractivity contribution in [1.29, 1.82) is 0 Å². The molecule has 0 amide bonds. The van der Waals surface area contributed by atoms with E-state index in [4.69, 9.17) is 16.3 Å². The van der Waals surface area contributed by atoms with Gasteiger partial charge in [-0.1, -0.05) is 46.3 Å². The topological polar surface area (TPSA) is 41.5 Å². The van der Waals surface area contributed by atoms with E-state index in [1.165, 1.54) is 5.56 Å². The highest BCUT2D eigenvalue weighted by molar-refractivity contribution is 14.1. The van der Waals surface area contributed by atoms with Crippen LogP contribution in [0.5, 0.6) is 0 Å². The summed E-state index contributed by atoms with van der Waals surface area (Å²) in [5.74, 6) is 0.853. The second-order valence-corrected chi connectivity index (χ2v) is 8.88. The zero-order valence-corrected chi connectivity index (χ0v) is 18.8. The molecule has 2 saturated heterocycles. The number of anilines is 1. The van der Waals surface area contributed by atoms with Crippen LogP contribution in [0, 0.1) is 0 Å². The van der Waals surface area contributed by atoms with E-state index in [2.05, 4.69) is 54.5 Å². The fourth-order valence-corrected chi connectivity index (χ4v) is 4.90. The van der Waals surface area contributed by atoms with Crippen molar-refractivity contribution < 1.29 is 4.74 Å². The Hall–Kier alpha value is -0.960. The first-order valence-electron chi connectivity index (χ1n) is 9.92. The van der Waals surface area contributed by atoms with E-state index in [1.54, 1.807) is 0 Å². The second-order valence-electron chi connectivity index (χ2n) is 7.56. The molecule has 1 aromatic carbocycles. The van der Waals surface area contributed by atoms with Crippen molar-refractivity contribution in [3.63, 3.8) is 0 Å². The van der Waals surface area contributed by atoms with Gasteiger partial charge >= 0.3 is 0 Å². The first-order chi connectivity index (χ1) is 13.7. The monoisotopic (exact) mass is 512 g/mol. The molecule has 2 aliphatic heterocycles. The summed E-state index contributed by atoms with van der Waals surface area (Å²) in [6, 6.07) is 11.1. The number of alkyl halides is 1. The lowest BCUT2D eigenvalue weighted by Gasteiger charge is -2.46. The van der Waals surface area contributed by atoms with Gasteiger partial charge in [-0.3, -0.25) is 4.90 Å². The molecule has 2 aliphatic rings.